The van der Waals surface area contributed by atoms with Gasteiger partial charge in [0.2, 0.25) is 0 Å². The number of benzene rings is 2. The van der Waals surface area contributed by atoms with Crippen molar-refractivity contribution in [2.45, 2.75) is 11.8 Å². The molecule has 2 rings (SSSR count). The van der Waals surface area contributed by atoms with E-state index in [2.05, 4.69) is 0 Å². The topological polar surface area (TPSA) is 35.2 Å². The standard InChI is InChI=1S/C15H16FNOS/c1-11-4-2-3-5-14(11)18-8-9-19-15-10-12(16)6-7-13(15)17/h2-7,10H,8-9,17H2,1H3. The first kappa shape index (κ1) is 13.7. The molecular formula is C15H16FNOS. The molecule has 0 aliphatic carbocycles. The summed E-state index contributed by atoms with van der Waals surface area (Å²) in [7, 11) is 0. The second-order valence-corrected chi connectivity index (χ2v) is 5.28. The van der Waals surface area contributed by atoms with E-state index in [1.165, 1.54) is 23.9 Å². The van der Waals surface area contributed by atoms with E-state index in [0.29, 0.717) is 12.3 Å². The molecule has 100 valence electrons. The molecule has 2 aromatic carbocycles. The maximum Gasteiger partial charge on any atom is 0.124 e. The highest BCUT2D eigenvalue weighted by molar-refractivity contribution is 7.99. The van der Waals surface area contributed by atoms with Crippen LogP contribution in [0.4, 0.5) is 10.1 Å². The number of anilines is 1. The SMILES string of the molecule is Cc1ccccc1OCCSc1cc(F)ccc1N. The lowest BCUT2D eigenvalue weighted by Crippen LogP contribution is -2.01. The molecule has 0 unspecified atom stereocenters. The van der Waals surface area contributed by atoms with Crippen LogP contribution in [-0.4, -0.2) is 12.4 Å². The number of ether oxygens (including phenoxy) is 1. The molecule has 0 bridgehead atoms. The fraction of sp³-hybridized carbons (Fsp3) is 0.200. The number of hydrogen-bond acceptors (Lipinski definition) is 3. The Morgan fingerprint density at radius 2 is 2.00 bits per heavy atom. The Balaban J connectivity index is 1.84. The van der Waals surface area contributed by atoms with Crippen molar-refractivity contribution in [3.63, 3.8) is 0 Å². The average molecular weight is 277 g/mol. The number of rotatable bonds is 5. The molecule has 0 aliphatic heterocycles. The summed E-state index contributed by atoms with van der Waals surface area (Å²) in [6.07, 6.45) is 0. The zero-order valence-corrected chi connectivity index (χ0v) is 11.5. The number of nitrogens with two attached hydrogens (primary N) is 1. The zero-order chi connectivity index (χ0) is 13.7. The summed E-state index contributed by atoms with van der Waals surface area (Å²) >= 11 is 1.50. The van der Waals surface area contributed by atoms with E-state index in [1.807, 2.05) is 31.2 Å². The van der Waals surface area contributed by atoms with E-state index in [0.717, 1.165) is 22.0 Å². The van der Waals surface area contributed by atoms with Gasteiger partial charge in [-0.25, -0.2) is 4.39 Å². The monoisotopic (exact) mass is 277 g/mol. The third kappa shape index (κ3) is 3.89. The third-order valence-electron chi connectivity index (χ3n) is 2.67. The van der Waals surface area contributed by atoms with Crippen LogP contribution in [0.25, 0.3) is 0 Å². The first-order chi connectivity index (χ1) is 9.16. The Morgan fingerprint density at radius 3 is 2.79 bits per heavy atom. The molecule has 0 radical (unpaired) electrons. The number of hydrogen-bond donors (Lipinski definition) is 1. The van der Waals surface area contributed by atoms with Gasteiger partial charge in [-0.15, -0.1) is 11.8 Å². The van der Waals surface area contributed by atoms with Crippen molar-refractivity contribution in [3.05, 3.63) is 53.8 Å². The fourth-order valence-corrected chi connectivity index (χ4v) is 2.47. The third-order valence-corrected chi connectivity index (χ3v) is 3.70. The van der Waals surface area contributed by atoms with E-state index in [1.54, 1.807) is 6.07 Å². The van der Waals surface area contributed by atoms with Crippen LogP contribution >= 0.6 is 11.8 Å². The second-order valence-electron chi connectivity index (χ2n) is 4.14. The number of halogens is 1. The van der Waals surface area contributed by atoms with Gasteiger partial charge in [0.1, 0.15) is 11.6 Å². The summed E-state index contributed by atoms with van der Waals surface area (Å²) in [5, 5.41) is 0. The Labute approximate surface area is 116 Å². The van der Waals surface area contributed by atoms with Crippen molar-refractivity contribution < 1.29 is 9.13 Å². The Hall–Kier alpha value is -1.68. The molecule has 19 heavy (non-hydrogen) atoms. The van der Waals surface area contributed by atoms with Gasteiger partial charge in [-0.3, -0.25) is 0 Å². The molecule has 0 heterocycles. The minimum absolute atomic E-state index is 0.267. The molecule has 0 amide bonds. The highest BCUT2D eigenvalue weighted by Gasteiger charge is 2.03. The summed E-state index contributed by atoms with van der Waals surface area (Å²) in [4.78, 5) is 0.758. The van der Waals surface area contributed by atoms with Gasteiger partial charge >= 0.3 is 0 Å². The molecule has 0 saturated heterocycles. The minimum Gasteiger partial charge on any atom is -0.492 e. The lowest BCUT2D eigenvalue weighted by molar-refractivity contribution is 0.341. The van der Waals surface area contributed by atoms with E-state index in [4.69, 9.17) is 10.5 Å². The molecule has 0 saturated carbocycles. The van der Waals surface area contributed by atoms with Crippen molar-refractivity contribution in [3.8, 4) is 5.75 Å². The van der Waals surface area contributed by atoms with Crippen LogP contribution in [0.1, 0.15) is 5.56 Å². The van der Waals surface area contributed by atoms with Crippen molar-refractivity contribution in [2.24, 2.45) is 0 Å². The Morgan fingerprint density at radius 1 is 1.21 bits per heavy atom. The van der Waals surface area contributed by atoms with Crippen molar-refractivity contribution >= 4 is 17.4 Å². The van der Waals surface area contributed by atoms with Gasteiger partial charge in [0.25, 0.3) is 0 Å². The lowest BCUT2D eigenvalue weighted by atomic mass is 10.2. The molecule has 2 aromatic rings. The highest BCUT2D eigenvalue weighted by atomic mass is 32.2. The van der Waals surface area contributed by atoms with Gasteiger partial charge in [0, 0.05) is 16.3 Å². The number of para-hydroxylation sites is 1. The van der Waals surface area contributed by atoms with Crippen LogP contribution in [0.15, 0.2) is 47.4 Å². The minimum atomic E-state index is -0.267. The summed E-state index contributed by atoms with van der Waals surface area (Å²) in [5.74, 6) is 1.34. The fourth-order valence-electron chi connectivity index (χ4n) is 1.65. The summed E-state index contributed by atoms with van der Waals surface area (Å²) in [5.41, 5.74) is 7.49. The normalized spacial score (nSPS) is 10.4. The van der Waals surface area contributed by atoms with Crippen LogP contribution in [-0.2, 0) is 0 Å². The van der Waals surface area contributed by atoms with Crippen LogP contribution in [0, 0.1) is 12.7 Å². The predicted octanol–water partition coefficient (Wildman–Crippen LogP) is 3.89. The van der Waals surface area contributed by atoms with E-state index < -0.39 is 0 Å². The molecule has 0 atom stereocenters. The van der Waals surface area contributed by atoms with Gasteiger partial charge in [-0.2, -0.15) is 0 Å². The largest absolute Gasteiger partial charge is 0.492 e. The Kier molecular flexibility index (Phi) is 4.68. The maximum absolute atomic E-state index is 13.1. The quantitative estimate of drug-likeness (QED) is 0.511. The molecule has 2 N–H and O–H groups in total. The Bertz CT molecular complexity index is 560. The van der Waals surface area contributed by atoms with Crippen molar-refractivity contribution in [2.75, 3.05) is 18.1 Å². The van der Waals surface area contributed by atoms with E-state index in [-0.39, 0.29) is 5.82 Å². The number of nitrogen functional groups attached to an aromatic ring is 1. The van der Waals surface area contributed by atoms with Gasteiger partial charge in [-0.1, -0.05) is 18.2 Å². The maximum atomic E-state index is 13.1. The second kappa shape index (κ2) is 6.48. The predicted molar refractivity (Wildman–Crippen MR) is 78.2 cm³/mol. The van der Waals surface area contributed by atoms with Crippen LogP contribution in [0.5, 0.6) is 5.75 Å². The van der Waals surface area contributed by atoms with E-state index >= 15 is 0 Å². The van der Waals surface area contributed by atoms with Gasteiger partial charge in [0.05, 0.1) is 6.61 Å². The van der Waals surface area contributed by atoms with Crippen molar-refractivity contribution in [1.82, 2.24) is 0 Å². The first-order valence-electron chi connectivity index (χ1n) is 6.03. The van der Waals surface area contributed by atoms with Crippen molar-refractivity contribution in [1.29, 1.82) is 0 Å². The summed E-state index contributed by atoms with van der Waals surface area (Å²) in [6, 6.07) is 12.3. The smallest absolute Gasteiger partial charge is 0.124 e. The van der Waals surface area contributed by atoms with Crippen LogP contribution in [0.3, 0.4) is 0 Å². The average Bonchev–Trinajstić information content (AvgIpc) is 2.40. The molecule has 0 aliphatic rings. The summed E-state index contributed by atoms with van der Waals surface area (Å²) in [6.45, 7) is 2.57. The molecule has 2 nitrogen and oxygen atoms in total. The summed E-state index contributed by atoms with van der Waals surface area (Å²) < 4.78 is 18.7. The molecule has 0 spiro atoms. The molecule has 4 heteroatoms. The van der Waals surface area contributed by atoms with E-state index in [9.17, 15) is 4.39 Å². The highest BCUT2D eigenvalue weighted by Crippen LogP contribution is 2.26. The van der Waals surface area contributed by atoms with Crippen LogP contribution in [0.2, 0.25) is 0 Å². The van der Waals surface area contributed by atoms with Gasteiger partial charge in [-0.05, 0) is 36.8 Å². The van der Waals surface area contributed by atoms with Gasteiger partial charge in [0.15, 0.2) is 0 Å². The van der Waals surface area contributed by atoms with Gasteiger partial charge < -0.3 is 10.5 Å². The first-order valence-corrected chi connectivity index (χ1v) is 7.01. The number of aryl methyl sites for hydroxylation is 1. The number of thioether (sulfide) groups is 1. The molecule has 0 fully saturated rings. The zero-order valence-electron chi connectivity index (χ0n) is 10.7. The lowest BCUT2D eigenvalue weighted by Gasteiger charge is -2.09. The van der Waals surface area contributed by atoms with Crippen LogP contribution < -0.4 is 10.5 Å². The molecular weight excluding hydrogens is 261 g/mol. The molecule has 0 aromatic heterocycles.